The highest BCUT2D eigenvalue weighted by molar-refractivity contribution is 7.14. The predicted molar refractivity (Wildman–Crippen MR) is 138 cm³/mol. The van der Waals surface area contributed by atoms with Crippen molar-refractivity contribution in [1.29, 1.82) is 0 Å². The summed E-state index contributed by atoms with van der Waals surface area (Å²) < 4.78 is 12.8. The van der Waals surface area contributed by atoms with Crippen LogP contribution >= 0.6 is 22.9 Å². The van der Waals surface area contributed by atoms with Gasteiger partial charge in [-0.3, -0.25) is 10.1 Å². The number of halogens is 1. The van der Waals surface area contributed by atoms with E-state index in [-0.39, 0.29) is 0 Å². The number of esters is 1. The third-order valence-electron chi connectivity index (χ3n) is 5.49. The minimum atomic E-state index is -1.02. The number of carbonyl (C=O) groups is 2. The second-order valence-corrected chi connectivity index (χ2v) is 9.17. The summed E-state index contributed by atoms with van der Waals surface area (Å²) in [7, 11) is 1.57. The van der Waals surface area contributed by atoms with E-state index in [9.17, 15) is 9.59 Å². The lowest BCUT2D eigenvalue weighted by molar-refractivity contribution is -0.123. The van der Waals surface area contributed by atoms with Gasteiger partial charge >= 0.3 is 5.97 Å². The van der Waals surface area contributed by atoms with Crippen molar-refractivity contribution < 1.29 is 19.1 Å². The Hall–Kier alpha value is -3.62. The summed E-state index contributed by atoms with van der Waals surface area (Å²) in [5.41, 5.74) is 4.22. The molecule has 1 N–H and O–H groups in total. The highest BCUT2D eigenvalue weighted by atomic mass is 35.5. The number of aryl methyl sites for hydroxylation is 1. The first-order valence-electron chi connectivity index (χ1n) is 10.8. The highest BCUT2D eigenvalue weighted by Gasteiger charge is 2.24. The molecule has 180 valence electrons. The molecule has 9 heteroatoms. The molecule has 0 fully saturated rings. The topological polar surface area (TPSA) is 82.5 Å². The summed E-state index contributed by atoms with van der Waals surface area (Å²) in [4.78, 5) is 30.1. The number of aromatic nitrogens is 2. The SMILES string of the molecule is COc1ccc(Cl)cc1-n1c(C)cc(C(=O)OC(C)C(=O)Nc2nc(-c3ccccc3)cs2)c1C. The lowest BCUT2D eigenvalue weighted by Gasteiger charge is -2.15. The zero-order valence-electron chi connectivity index (χ0n) is 19.7. The zero-order valence-corrected chi connectivity index (χ0v) is 21.2. The number of nitrogens with one attached hydrogen (secondary N) is 1. The molecule has 4 rings (SSSR count). The molecule has 1 atom stereocenters. The van der Waals surface area contributed by atoms with Crippen LogP contribution in [-0.2, 0) is 9.53 Å². The molecule has 0 radical (unpaired) electrons. The number of hydrogen-bond acceptors (Lipinski definition) is 6. The fourth-order valence-electron chi connectivity index (χ4n) is 3.74. The Labute approximate surface area is 212 Å². The molecule has 4 aromatic rings. The molecule has 0 saturated carbocycles. The molecule has 1 amide bonds. The van der Waals surface area contributed by atoms with Gasteiger partial charge in [0, 0.05) is 27.4 Å². The second kappa shape index (κ2) is 10.3. The number of methoxy groups -OCH3 is 1. The molecule has 0 bridgehead atoms. The van der Waals surface area contributed by atoms with E-state index in [0.717, 1.165) is 17.0 Å². The van der Waals surface area contributed by atoms with E-state index < -0.39 is 18.0 Å². The van der Waals surface area contributed by atoms with Crippen LogP contribution in [0.2, 0.25) is 5.02 Å². The molecule has 0 aliphatic heterocycles. The van der Waals surface area contributed by atoms with Crippen LogP contribution in [0.3, 0.4) is 0 Å². The number of hydrogen-bond donors (Lipinski definition) is 1. The molecule has 0 aliphatic carbocycles. The standard InChI is InChI=1S/C26H24ClN3O4S/c1-15-12-20(16(2)30(15)22-13-19(27)10-11-23(22)33-4)25(32)34-17(3)24(31)29-26-28-21(14-35-26)18-8-6-5-7-9-18/h5-14,17H,1-4H3,(H,28,29,31). The van der Waals surface area contributed by atoms with Crippen LogP contribution in [0.1, 0.15) is 28.7 Å². The average molecular weight is 510 g/mol. The monoisotopic (exact) mass is 509 g/mol. The number of thiazole rings is 1. The highest BCUT2D eigenvalue weighted by Crippen LogP contribution is 2.31. The van der Waals surface area contributed by atoms with Gasteiger partial charge < -0.3 is 14.0 Å². The summed E-state index contributed by atoms with van der Waals surface area (Å²) in [5, 5.41) is 5.56. The third-order valence-corrected chi connectivity index (χ3v) is 6.48. The summed E-state index contributed by atoms with van der Waals surface area (Å²) in [6.45, 7) is 5.19. The largest absolute Gasteiger partial charge is 0.495 e. The maximum absolute atomic E-state index is 13.0. The molecular formula is C26H24ClN3O4S. The van der Waals surface area contributed by atoms with Crippen molar-refractivity contribution in [2.45, 2.75) is 26.9 Å². The van der Waals surface area contributed by atoms with Crippen LogP contribution in [0.5, 0.6) is 5.75 Å². The summed E-state index contributed by atoms with van der Waals surface area (Å²) in [6, 6.07) is 16.7. The van der Waals surface area contributed by atoms with Gasteiger partial charge in [-0.25, -0.2) is 9.78 Å². The minimum absolute atomic E-state index is 0.352. The first kappa shape index (κ1) is 24.5. The molecule has 0 saturated heterocycles. The molecule has 2 heterocycles. The number of rotatable bonds is 7. The first-order chi connectivity index (χ1) is 16.8. The van der Waals surface area contributed by atoms with Crippen molar-refractivity contribution in [2.75, 3.05) is 12.4 Å². The molecule has 2 aromatic carbocycles. The van der Waals surface area contributed by atoms with E-state index in [1.54, 1.807) is 38.3 Å². The van der Waals surface area contributed by atoms with E-state index >= 15 is 0 Å². The Morgan fingerprint density at radius 1 is 1.11 bits per heavy atom. The van der Waals surface area contributed by atoms with Crippen molar-refractivity contribution in [3.05, 3.63) is 82.0 Å². The lowest BCUT2D eigenvalue weighted by atomic mass is 10.2. The van der Waals surface area contributed by atoms with Gasteiger partial charge in [0.2, 0.25) is 0 Å². The molecule has 0 spiro atoms. The van der Waals surface area contributed by atoms with Gasteiger partial charge in [0.1, 0.15) is 5.75 Å². The van der Waals surface area contributed by atoms with Crippen LogP contribution in [0, 0.1) is 13.8 Å². The number of carbonyl (C=O) groups excluding carboxylic acids is 2. The average Bonchev–Trinajstić information content (AvgIpc) is 3.43. The van der Waals surface area contributed by atoms with E-state index in [0.29, 0.717) is 32.8 Å². The molecule has 35 heavy (non-hydrogen) atoms. The van der Waals surface area contributed by atoms with Gasteiger partial charge in [-0.1, -0.05) is 41.9 Å². The van der Waals surface area contributed by atoms with Crippen molar-refractivity contribution >= 4 is 39.9 Å². The van der Waals surface area contributed by atoms with Crippen LogP contribution in [0.25, 0.3) is 16.9 Å². The van der Waals surface area contributed by atoms with E-state index in [1.165, 1.54) is 18.3 Å². The van der Waals surface area contributed by atoms with Crippen molar-refractivity contribution in [2.24, 2.45) is 0 Å². The van der Waals surface area contributed by atoms with E-state index in [4.69, 9.17) is 21.1 Å². The third kappa shape index (κ3) is 5.23. The van der Waals surface area contributed by atoms with Gasteiger partial charge in [-0.05, 0) is 45.0 Å². The smallest absolute Gasteiger partial charge is 0.340 e. The van der Waals surface area contributed by atoms with Crippen LogP contribution < -0.4 is 10.1 Å². The van der Waals surface area contributed by atoms with Gasteiger partial charge in [-0.2, -0.15) is 0 Å². The number of benzene rings is 2. The van der Waals surface area contributed by atoms with Crippen LogP contribution in [0.15, 0.2) is 60.0 Å². The summed E-state index contributed by atoms with van der Waals surface area (Å²) >= 11 is 7.50. The first-order valence-corrected chi connectivity index (χ1v) is 12.1. The van der Waals surface area contributed by atoms with Crippen LogP contribution in [0.4, 0.5) is 5.13 Å². The Kier molecular flexibility index (Phi) is 7.23. The minimum Gasteiger partial charge on any atom is -0.495 e. The normalized spacial score (nSPS) is 11.7. The molecule has 7 nitrogen and oxygen atoms in total. The zero-order chi connectivity index (χ0) is 25.1. The number of amides is 1. The lowest BCUT2D eigenvalue weighted by Crippen LogP contribution is -2.30. The molecule has 0 aliphatic rings. The summed E-state index contributed by atoms with van der Waals surface area (Å²) in [6.07, 6.45) is -1.02. The Morgan fingerprint density at radius 3 is 2.57 bits per heavy atom. The van der Waals surface area contributed by atoms with E-state index in [2.05, 4.69) is 10.3 Å². The molecule has 1 unspecified atom stereocenters. The Bertz CT molecular complexity index is 1380. The van der Waals surface area contributed by atoms with Gasteiger partial charge in [0.25, 0.3) is 5.91 Å². The molecule has 2 aromatic heterocycles. The summed E-state index contributed by atoms with van der Waals surface area (Å²) in [5.74, 6) is -0.447. The van der Waals surface area contributed by atoms with Crippen LogP contribution in [-0.4, -0.2) is 34.6 Å². The van der Waals surface area contributed by atoms with Gasteiger partial charge in [0.05, 0.1) is 24.1 Å². The quantitative estimate of drug-likeness (QED) is 0.306. The molecular weight excluding hydrogens is 486 g/mol. The fourth-order valence-corrected chi connectivity index (χ4v) is 4.62. The Morgan fingerprint density at radius 2 is 1.86 bits per heavy atom. The predicted octanol–water partition coefficient (Wildman–Crippen LogP) is 6.06. The van der Waals surface area contributed by atoms with Crippen molar-refractivity contribution in [1.82, 2.24) is 9.55 Å². The van der Waals surface area contributed by atoms with E-state index in [1.807, 2.05) is 47.2 Å². The second-order valence-electron chi connectivity index (χ2n) is 7.88. The van der Waals surface area contributed by atoms with Gasteiger partial charge in [-0.15, -0.1) is 11.3 Å². The number of anilines is 1. The number of nitrogens with zero attached hydrogens (tertiary/aromatic N) is 2. The Balaban J connectivity index is 1.47. The van der Waals surface area contributed by atoms with Gasteiger partial charge in [0.15, 0.2) is 11.2 Å². The van der Waals surface area contributed by atoms with Crippen molar-refractivity contribution in [3.63, 3.8) is 0 Å². The fraction of sp³-hybridized carbons (Fsp3) is 0.192. The number of ether oxygens (including phenoxy) is 2. The maximum Gasteiger partial charge on any atom is 0.340 e. The van der Waals surface area contributed by atoms with Crippen molar-refractivity contribution in [3.8, 4) is 22.7 Å². The maximum atomic E-state index is 13.0.